The van der Waals surface area contributed by atoms with Gasteiger partial charge in [0.05, 0.1) is 0 Å². The predicted molar refractivity (Wildman–Crippen MR) is 40.5 cm³/mol. The van der Waals surface area contributed by atoms with Crippen molar-refractivity contribution in [1.29, 1.82) is 0 Å². The molecule has 1 aliphatic heterocycles. The topological polar surface area (TPSA) is 29.1 Å². The number of carbonyl (C=O) groups excluding carboxylic acids is 1. The summed E-state index contributed by atoms with van der Waals surface area (Å²) in [5, 5.41) is 2.82. The van der Waals surface area contributed by atoms with Crippen molar-refractivity contribution in [3.05, 3.63) is 12.7 Å². The molecule has 0 aromatic carbocycles. The first kappa shape index (κ1) is 7.32. The maximum atomic E-state index is 10.8. The van der Waals surface area contributed by atoms with Crippen LogP contribution in [-0.2, 0) is 4.79 Å². The molecule has 1 saturated heterocycles. The van der Waals surface area contributed by atoms with E-state index in [-0.39, 0.29) is 5.91 Å². The van der Waals surface area contributed by atoms with Gasteiger partial charge >= 0.3 is 0 Å². The van der Waals surface area contributed by atoms with Crippen LogP contribution in [-0.4, -0.2) is 12.5 Å². The van der Waals surface area contributed by atoms with Gasteiger partial charge < -0.3 is 5.32 Å². The van der Waals surface area contributed by atoms with E-state index in [0.29, 0.717) is 12.3 Å². The fourth-order valence-electron chi connectivity index (χ4n) is 1.18. The highest BCUT2D eigenvalue weighted by Gasteiger charge is 2.12. The largest absolute Gasteiger partial charge is 0.356 e. The Morgan fingerprint density at radius 1 is 1.60 bits per heavy atom. The molecule has 2 heteroatoms. The lowest BCUT2D eigenvalue weighted by Gasteiger charge is -2.03. The van der Waals surface area contributed by atoms with E-state index in [1.807, 2.05) is 6.08 Å². The van der Waals surface area contributed by atoms with Gasteiger partial charge in [-0.3, -0.25) is 4.79 Å². The Balaban J connectivity index is 2.40. The second-order valence-corrected chi connectivity index (χ2v) is 2.67. The molecule has 1 rings (SSSR count). The summed E-state index contributed by atoms with van der Waals surface area (Å²) in [6, 6.07) is 0. The number of nitrogens with one attached hydrogen (secondary N) is 1. The molecule has 0 radical (unpaired) electrons. The summed E-state index contributed by atoms with van der Waals surface area (Å²) in [6.45, 7) is 4.53. The Hall–Kier alpha value is -0.790. The van der Waals surface area contributed by atoms with Crippen LogP contribution in [0.4, 0.5) is 0 Å². The summed E-state index contributed by atoms with van der Waals surface area (Å²) in [5.41, 5.74) is 0. The first-order chi connectivity index (χ1) is 4.83. The van der Waals surface area contributed by atoms with Crippen molar-refractivity contribution >= 4 is 5.91 Å². The van der Waals surface area contributed by atoms with Crippen LogP contribution in [0.1, 0.15) is 19.3 Å². The van der Waals surface area contributed by atoms with Gasteiger partial charge in [-0.25, -0.2) is 0 Å². The maximum Gasteiger partial charge on any atom is 0.220 e. The van der Waals surface area contributed by atoms with Crippen LogP contribution in [0.5, 0.6) is 0 Å². The molecular formula is C8H13NO. The fourth-order valence-corrected chi connectivity index (χ4v) is 1.18. The lowest BCUT2D eigenvalue weighted by molar-refractivity contribution is -0.120. The molecular weight excluding hydrogens is 126 g/mol. The third-order valence-corrected chi connectivity index (χ3v) is 1.91. The standard InChI is InChI=1S/C8H13NO/c1-2-7-3-4-8(10)9-6-5-7/h2,7H,1,3-6H2,(H,9,10)/t7-/m1/s1. The van der Waals surface area contributed by atoms with Gasteiger partial charge in [0.2, 0.25) is 5.91 Å². The molecule has 0 saturated carbocycles. The second-order valence-electron chi connectivity index (χ2n) is 2.67. The Labute approximate surface area is 61.3 Å². The SMILES string of the molecule is C=C[C@H]1CCNC(=O)CC1. The Morgan fingerprint density at radius 2 is 2.40 bits per heavy atom. The molecule has 2 nitrogen and oxygen atoms in total. The quantitative estimate of drug-likeness (QED) is 0.541. The monoisotopic (exact) mass is 139 g/mol. The van der Waals surface area contributed by atoms with E-state index >= 15 is 0 Å². The van der Waals surface area contributed by atoms with Gasteiger partial charge in [-0.05, 0) is 18.8 Å². The molecule has 0 spiro atoms. The summed E-state index contributed by atoms with van der Waals surface area (Å²) in [7, 11) is 0. The second kappa shape index (κ2) is 3.40. The molecule has 1 N–H and O–H groups in total. The van der Waals surface area contributed by atoms with E-state index < -0.39 is 0 Å². The van der Waals surface area contributed by atoms with E-state index in [9.17, 15) is 4.79 Å². The smallest absolute Gasteiger partial charge is 0.220 e. The Morgan fingerprint density at radius 3 is 3.10 bits per heavy atom. The highest BCUT2D eigenvalue weighted by atomic mass is 16.1. The first-order valence-corrected chi connectivity index (χ1v) is 3.72. The zero-order chi connectivity index (χ0) is 7.40. The van der Waals surface area contributed by atoms with Gasteiger partial charge in [-0.2, -0.15) is 0 Å². The number of hydrogen-bond donors (Lipinski definition) is 1. The molecule has 0 aromatic rings. The molecule has 0 aliphatic carbocycles. The van der Waals surface area contributed by atoms with E-state index in [1.54, 1.807) is 0 Å². The molecule has 0 bridgehead atoms. The van der Waals surface area contributed by atoms with E-state index in [1.165, 1.54) is 0 Å². The van der Waals surface area contributed by atoms with Crippen LogP contribution in [0, 0.1) is 5.92 Å². The number of hydrogen-bond acceptors (Lipinski definition) is 1. The van der Waals surface area contributed by atoms with Gasteiger partial charge in [-0.1, -0.05) is 6.08 Å². The van der Waals surface area contributed by atoms with Crippen molar-refractivity contribution in [1.82, 2.24) is 5.32 Å². The lowest BCUT2D eigenvalue weighted by Crippen LogP contribution is -2.21. The van der Waals surface area contributed by atoms with Crippen LogP contribution < -0.4 is 5.32 Å². The third-order valence-electron chi connectivity index (χ3n) is 1.91. The van der Waals surface area contributed by atoms with Crippen molar-refractivity contribution in [3.63, 3.8) is 0 Å². The number of carbonyl (C=O) groups is 1. The van der Waals surface area contributed by atoms with Gasteiger partial charge in [0.25, 0.3) is 0 Å². The summed E-state index contributed by atoms with van der Waals surface area (Å²) >= 11 is 0. The van der Waals surface area contributed by atoms with Gasteiger partial charge in [0.15, 0.2) is 0 Å². The zero-order valence-electron chi connectivity index (χ0n) is 6.10. The molecule has 1 amide bonds. The molecule has 1 atom stereocenters. The van der Waals surface area contributed by atoms with Crippen molar-refractivity contribution in [2.45, 2.75) is 19.3 Å². The zero-order valence-corrected chi connectivity index (χ0v) is 6.10. The van der Waals surface area contributed by atoms with E-state index in [2.05, 4.69) is 11.9 Å². The molecule has 1 fully saturated rings. The molecule has 56 valence electrons. The summed E-state index contributed by atoms with van der Waals surface area (Å²) < 4.78 is 0. The Bertz CT molecular complexity index is 142. The first-order valence-electron chi connectivity index (χ1n) is 3.72. The molecule has 0 aromatic heterocycles. The molecule has 0 unspecified atom stereocenters. The number of rotatable bonds is 1. The molecule has 1 aliphatic rings. The van der Waals surface area contributed by atoms with Crippen LogP contribution in [0.3, 0.4) is 0 Å². The molecule has 10 heavy (non-hydrogen) atoms. The number of allylic oxidation sites excluding steroid dienone is 1. The minimum atomic E-state index is 0.185. The van der Waals surface area contributed by atoms with Crippen LogP contribution in [0.25, 0.3) is 0 Å². The van der Waals surface area contributed by atoms with Crippen LogP contribution in [0.2, 0.25) is 0 Å². The van der Waals surface area contributed by atoms with Crippen molar-refractivity contribution in [2.24, 2.45) is 5.92 Å². The average Bonchev–Trinajstić information content (AvgIpc) is 2.14. The Kier molecular flexibility index (Phi) is 2.49. The molecule has 1 heterocycles. The van der Waals surface area contributed by atoms with Gasteiger partial charge in [0.1, 0.15) is 0 Å². The minimum absolute atomic E-state index is 0.185. The van der Waals surface area contributed by atoms with Gasteiger partial charge in [0, 0.05) is 13.0 Å². The van der Waals surface area contributed by atoms with Crippen molar-refractivity contribution in [3.8, 4) is 0 Å². The lowest BCUT2D eigenvalue weighted by atomic mass is 10.0. The van der Waals surface area contributed by atoms with Crippen LogP contribution in [0.15, 0.2) is 12.7 Å². The predicted octanol–water partition coefficient (Wildman–Crippen LogP) is 1.09. The summed E-state index contributed by atoms with van der Waals surface area (Å²) in [6.07, 6.45) is 4.63. The van der Waals surface area contributed by atoms with Gasteiger partial charge in [-0.15, -0.1) is 6.58 Å². The van der Waals surface area contributed by atoms with E-state index in [0.717, 1.165) is 19.4 Å². The van der Waals surface area contributed by atoms with Crippen LogP contribution >= 0.6 is 0 Å². The average molecular weight is 139 g/mol. The minimum Gasteiger partial charge on any atom is -0.356 e. The van der Waals surface area contributed by atoms with Crippen molar-refractivity contribution in [2.75, 3.05) is 6.54 Å². The highest BCUT2D eigenvalue weighted by Crippen LogP contribution is 2.13. The third kappa shape index (κ3) is 1.87. The normalized spacial score (nSPS) is 26.8. The summed E-state index contributed by atoms with van der Waals surface area (Å²) in [5.74, 6) is 0.725. The fraction of sp³-hybridized carbons (Fsp3) is 0.625. The highest BCUT2D eigenvalue weighted by molar-refractivity contribution is 5.76. The van der Waals surface area contributed by atoms with Crippen molar-refractivity contribution < 1.29 is 4.79 Å². The summed E-state index contributed by atoms with van der Waals surface area (Å²) in [4.78, 5) is 10.8. The van der Waals surface area contributed by atoms with E-state index in [4.69, 9.17) is 0 Å². The maximum absolute atomic E-state index is 10.8. The number of amides is 1.